The van der Waals surface area contributed by atoms with Crippen molar-refractivity contribution in [3.8, 4) is 0 Å². The molecule has 0 aliphatic heterocycles. The molecule has 1 amide bonds. The van der Waals surface area contributed by atoms with Crippen LogP contribution < -0.4 is 5.32 Å². The van der Waals surface area contributed by atoms with Crippen molar-refractivity contribution in [2.75, 3.05) is 19.0 Å². The smallest absolute Gasteiger partial charge is 0.246 e. The summed E-state index contributed by atoms with van der Waals surface area (Å²) in [4.78, 5) is 14.4. The molecule has 6 nitrogen and oxygen atoms in total. The van der Waals surface area contributed by atoms with E-state index >= 15 is 0 Å². The van der Waals surface area contributed by atoms with Crippen molar-refractivity contribution in [3.05, 3.63) is 11.8 Å². The van der Waals surface area contributed by atoms with Crippen LogP contribution in [-0.4, -0.2) is 46.3 Å². The highest BCUT2D eigenvalue weighted by Gasteiger charge is 2.34. The minimum Gasteiger partial charge on any atom is -0.395 e. The van der Waals surface area contributed by atoms with Gasteiger partial charge in [0.1, 0.15) is 0 Å². The second-order valence-corrected chi connectivity index (χ2v) is 6.84. The van der Waals surface area contributed by atoms with Crippen LogP contribution in [0.15, 0.2) is 10.6 Å². The average Bonchev–Trinajstić information content (AvgIpc) is 2.86. The first kappa shape index (κ1) is 17.7. The fraction of sp³-hybridized carbons (Fsp3) is 0.733. The molecule has 0 aromatic carbocycles. The van der Waals surface area contributed by atoms with Gasteiger partial charge in [0.05, 0.1) is 17.8 Å². The number of carbonyl (C=O) groups is 1. The molecule has 120 valence electrons. The normalized spacial score (nSPS) is 13.0. The van der Waals surface area contributed by atoms with E-state index in [-0.39, 0.29) is 18.6 Å². The van der Waals surface area contributed by atoms with Crippen molar-refractivity contribution in [2.24, 2.45) is 0 Å². The Morgan fingerprint density at radius 3 is 2.48 bits per heavy atom. The Hall–Kier alpha value is -1.40. The van der Waals surface area contributed by atoms with E-state index in [1.54, 1.807) is 6.07 Å². The highest BCUT2D eigenvalue weighted by Crippen LogP contribution is 2.25. The number of hydrogen-bond donors (Lipinski definition) is 2. The zero-order valence-corrected chi connectivity index (χ0v) is 14.0. The molecule has 0 unspecified atom stereocenters. The van der Waals surface area contributed by atoms with Gasteiger partial charge in [-0.2, -0.15) is 0 Å². The van der Waals surface area contributed by atoms with Crippen LogP contribution in [0.5, 0.6) is 0 Å². The van der Waals surface area contributed by atoms with Crippen molar-refractivity contribution in [1.82, 2.24) is 10.1 Å². The molecule has 0 radical (unpaired) electrons. The zero-order chi connectivity index (χ0) is 16.4. The molecule has 0 spiro atoms. The Kier molecular flexibility index (Phi) is 5.17. The van der Waals surface area contributed by atoms with Gasteiger partial charge in [-0.1, -0.05) is 19.0 Å². The van der Waals surface area contributed by atoms with E-state index < -0.39 is 11.0 Å². The maximum absolute atomic E-state index is 12.4. The third-order valence-electron chi connectivity index (χ3n) is 4.05. The number of nitrogens with one attached hydrogen (secondary N) is 1. The second kappa shape index (κ2) is 6.15. The molecule has 0 fully saturated rings. The summed E-state index contributed by atoms with van der Waals surface area (Å²) in [6, 6.07) is 1.89. The number of rotatable bonds is 6. The van der Waals surface area contributed by atoms with E-state index in [9.17, 15) is 9.90 Å². The number of likely N-dealkylation sites (N-methyl/N-ethyl adjacent to an activating group) is 1. The van der Waals surface area contributed by atoms with Crippen LogP contribution >= 0.6 is 0 Å². The van der Waals surface area contributed by atoms with Crippen LogP contribution in [0.25, 0.3) is 0 Å². The van der Waals surface area contributed by atoms with Crippen LogP contribution in [0.4, 0.5) is 5.88 Å². The van der Waals surface area contributed by atoms with Gasteiger partial charge in [0.15, 0.2) is 0 Å². The Morgan fingerprint density at radius 1 is 1.43 bits per heavy atom. The van der Waals surface area contributed by atoms with Crippen LogP contribution in [0.1, 0.15) is 47.2 Å². The molecule has 1 aromatic rings. The second-order valence-electron chi connectivity index (χ2n) is 6.84. The van der Waals surface area contributed by atoms with Gasteiger partial charge in [0, 0.05) is 17.5 Å². The van der Waals surface area contributed by atoms with Gasteiger partial charge in [-0.3, -0.25) is 15.0 Å². The zero-order valence-electron chi connectivity index (χ0n) is 14.0. The SMILES string of the molecule is CC(C)N(C)C(C)(C)C(=O)Nc1cc(C(C)(C)CO)no1. The van der Waals surface area contributed by atoms with Gasteiger partial charge in [0.25, 0.3) is 0 Å². The van der Waals surface area contributed by atoms with Crippen molar-refractivity contribution in [1.29, 1.82) is 0 Å². The summed E-state index contributed by atoms with van der Waals surface area (Å²) in [5, 5.41) is 16.0. The van der Waals surface area contributed by atoms with Gasteiger partial charge in [-0.25, -0.2) is 0 Å². The van der Waals surface area contributed by atoms with Crippen molar-refractivity contribution in [3.63, 3.8) is 0 Å². The average molecular weight is 297 g/mol. The predicted molar refractivity (Wildman–Crippen MR) is 82.2 cm³/mol. The minimum absolute atomic E-state index is 0.0471. The summed E-state index contributed by atoms with van der Waals surface area (Å²) in [6.07, 6.45) is 0. The predicted octanol–water partition coefficient (Wildman–Crippen LogP) is 2.00. The lowest BCUT2D eigenvalue weighted by atomic mass is 9.91. The first-order valence-corrected chi connectivity index (χ1v) is 7.15. The van der Waals surface area contributed by atoms with Crippen LogP contribution in [0.2, 0.25) is 0 Å². The van der Waals surface area contributed by atoms with Crippen LogP contribution in [0, 0.1) is 0 Å². The number of aliphatic hydroxyl groups excluding tert-OH is 1. The maximum atomic E-state index is 12.4. The van der Waals surface area contributed by atoms with Crippen LogP contribution in [0.3, 0.4) is 0 Å². The lowest BCUT2D eigenvalue weighted by Crippen LogP contribution is -2.53. The number of carbonyl (C=O) groups excluding carboxylic acids is 1. The molecule has 1 heterocycles. The fourth-order valence-electron chi connectivity index (χ4n) is 1.80. The molecule has 6 heteroatoms. The van der Waals surface area contributed by atoms with E-state index in [1.807, 2.05) is 53.5 Å². The van der Waals surface area contributed by atoms with E-state index in [4.69, 9.17) is 4.52 Å². The quantitative estimate of drug-likeness (QED) is 0.839. The molecular formula is C15H27N3O3. The largest absolute Gasteiger partial charge is 0.395 e. The summed E-state index contributed by atoms with van der Waals surface area (Å²) >= 11 is 0. The van der Waals surface area contributed by atoms with Crippen molar-refractivity contribution < 1.29 is 14.4 Å². The summed E-state index contributed by atoms with van der Waals surface area (Å²) < 4.78 is 5.15. The van der Waals surface area contributed by atoms with Gasteiger partial charge in [0.2, 0.25) is 11.8 Å². The Balaban J connectivity index is 2.85. The standard InChI is InChI=1S/C15H27N3O3/c1-10(2)18(7)15(5,6)13(20)16-12-8-11(17-21-12)14(3,4)9-19/h8,10,19H,9H2,1-7H3,(H,16,20). The summed E-state index contributed by atoms with van der Waals surface area (Å²) in [6.45, 7) is 11.4. The van der Waals surface area contributed by atoms with Crippen molar-refractivity contribution in [2.45, 2.75) is 58.5 Å². The molecule has 0 aliphatic rings. The summed E-state index contributed by atoms with van der Waals surface area (Å²) in [7, 11) is 1.91. The molecule has 0 saturated heterocycles. The van der Waals surface area contributed by atoms with E-state index in [2.05, 4.69) is 10.5 Å². The lowest BCUT2D eigenvalue weighted by Gasteiger charge is -2.36. The third kappa shape index (κ3) is 3.83. The highest BCUT2D eigenvalue weighted by atomic mass is 16.5. The number of nitrogens with zero attached hydrogens (tertiary/aromatic N) is 2. The van der Waals surface area contributed by atoms with Gasteiger partial charge < -0.3 is 9.63 Å². The molecule has 0 saturated carbocycles. The maximum Gasteiger partial charge on any atom is 0.246 e. The Labute approximate surface area is 126 Å². The monoisotopic (exact) mass is 297 g/mol. The molecule has 0 bridgehead atoms. The Morgan fingerprint density at radius 2 is 2.00 bits per heavy atom. The number of aliphatic hydroxyl groups is 1. The van der Waals surface area contributed by atoms with Gasteiger partial charge >= 0.3 is 0 Å². The first-order valence-electron chi connectivity index (χ1n) is 7.15. The fourth-order valence-corrected chi connectivity index (χ4v) is 1.80. The van der Waals surface area contributed by atoms with E-state index in [1.165, 1.54) is 0 Å². The lowest BCUT2D eigenvalue weighted by molar-refractivity contribution is -0.126. The Bertz CT molecular complexity index is 492. The minimum atomic E-state index is -0.673. The van der Waals surface area contributed by atoms with E-state index in [0.717, 1.165) is 0 Å². The molecular weight excluding hydrogens is 270 g/mol. The number of anilines is 1. The number of hydrogen-bond acceptors (Lipinski definition) is 5. The summed E-state index contributed by atoms with van der Waals surface area (Å²) in [5.74, 6) is 0.130. The summed E-state index contributed by atoms with van der Waals surface area (Å²) in [5.41, 5.74) is -0.569. The van der Waals surface area contributed by atoms with Crippen LogP contribution in [-0.2, 0) is 10.2 Å². The topological polar surface area (TPSA) is 78.6 Å². The third-order valence-corrected chi connectivity index (χ3v) is 4.05. The molecule has 2 N–H and O–H groups in total. The van der Waals surface area contributed by atoms with Gasteiger partial charge in [-0.05, 0) is 34.7 Å². The molecule has 1 aromatic heterocycles. The molecule has 0 aliphatic carbocycles. The van der Waals surface area contributed by atoms with E-state index in [0.29, 0.717) is 11.6 Å². The molecule has 1 rings (SSSR count). The number of aromatic nitrogens is 1. The first-order chi connectivity index (χ1) is 9.52. The van der Waals surface area contributed by atoms with Gasteiger partial charge in [-0.15, -0.1) is 0 Å². The molecule has 0 atom stereocenters. The molecule has 21 heavy (non-hydrogen) atoms. The highest BCUT2D eigenvalue weighted by molar-refractivity contribution is 5.96. The number of amides is 1. The van der Waals surface area contributed by atoms with Crippen molar-refractivity contribution >= 4 is 11.8 Å².